The zero-order valence-electron chi connectivity index (χ0n) is 9.74. The quantitative estimate of drug-likeness (QED) is 0.729. The van der Waals surface area contributed by atoms with Crippen molar-refractivity contribution < 1.29 is 0 Å². The highest BCUT2D eigenvalue weighted by Gasteiger charge is 2.24. The molecule has 0 saturated heterocycles. The molecule has 1 aliphatic rings. The van der Waals surface area contributed by atoms with E-state index >= 15 is 0 Å². The first-order valence-corrected chi connectivity index (χ1v) is 6.77. The maximum absolute atomic E-state index is 5.96. The molecule has 1 atom stereocenters. The Bertz CT molecular complexity index is 564. The number of fused-ring (bicyclic) bond motifs is 1. The van der Waals surface area contributed by atoms with Crippen molar-refractivity contribution in [1.82, 2.24) is 9.97 Å². The van der Waals surface area contributed by atoms with Gasteiger partial charge in [0.25, 0.3) is 0 Å². The Morgan fingerprint density at radius 1 is 1.06 bits per heavy atom. The Morgan fingerprint density at radius 3 is 2.56 bits per heavy atom. The normalized spacial score (nSPS) is 18.4. The zero-order chi connectivity index (χ0) is 12.5. The Balaban J connectivity index is 2.08. The third-order valence-electron chi connectivity index (χ3n) is 3.36. The molecule has 1 heterocycles. The van der Waals surface area contributed by atoms with E-state index in [9.17, 15) is 0 Å². The average Bonchev–Trinajstić information content (AvgIpc) is 2.37. The van der Waals surface area contributed by atoms with E-state index in [-0.39, 0.29) is 5.92 Å². The van der Waals surface area contributed by atoms with E-state index in [2.05, 4.69) is 34.2 Å². The summed E-state index contributed by atoms with van der Waals surface area (Å²) in [5.74, 6) is 0.950. The molecule has 1 unspecified atom stereocenters. The van der Waals surface area contributed by atoms with E-state index in [0.29, 0.717) is 10.3 Å². The van der Waals surface area contributed by atoms with Crippen molar-refractivity contribution in [3.05, 3.63) is 57.6 Å². The molecule has 0 aliphatic heterocycles. The second-order valence-corrected chi connectivity index (χ2v) is 5.29. The smallest absolute Gasteiger partial charge is 0.139 e. The van der Waals surface area contributed by atoms with Crippen LogP contribution < -0.4 is 0 Å². The first-order valence-electron chi connectivity index (χ1n) is 6.02. The highest BCUT2D eigenvalue weighted by Crippen LogP contribution is 2.35. The van der Waals surface area contributed by atoms with Crippen LogP contribution in [0.1, 0.15) is 35.7 Å². The van der Waals surface area contributed by atoms with E-state index in [4.69, 9.17) is 23.2 Å². The predicted octanol–water partition coefficient (Wildman–Crippen LogP) is 4.25. The van der Waals surface area contributed by atoms with Crippen LogP contribution in [0.4, 0.5) is 0 Å². The number of aromatic nitrogens is 2. The van der Waals surface area contributed by atoms with Crippen molar-refractivity contribution in [2.24, 2.45) is 0 Å². The Hall–Kier alpha value is -1.12. The minimum Gasteiger partial charge on any atom is -0.220 e. The van der Waals surface area contributed by atoms with Crippen LogP contribution in [-0.4, -0.2) is 9.97 Å². The monoisotopic (exact) mass is 278 g/mol. The summed E-state index contributed by atoms with van der Waals surface area (Å²) >= 11 is 11.9. The number of nitrogens with zero attached hydrogens (tertiary/aromatic N) is 2. The molecule has 0 spiro atoms. The van der Waals surface area contributed by atoms with Crippen LogP contribution in [0.3, 0.4) is 0 Å². The maximum atomic E-state index is 5.96. The molecule has 0 fully saturated rings. The van der Waals surface area contributed by atoms with Gasteiger partial charge in [-0.3, -0.25) is 0 Å². The number of hydrogen-bond acceptors (Lipinski definition) is 2. The lowest BCUT2D eigenvalue weighted by Gasteiger charge is -2.24. The molecule has 0 N–H and O–H groups in total. The van der Waals surface area contributed by atoms with E-state index in [1.165, 1.54) is 11.1 Å². The van der Waals surface area contributed by atoms with Crippen LogP contribution in [-0.2, 0) is 6.42 Å². The summed E-state index contributed by atoms with van der Waals surface area (Å²) in [5, 5.41) is 0.820. The van der Waals surface area contributed by atoms with Crippen LogP contribution in [0.25, 0.3) is 0 Å². The van der Waals surface area contributed by atoms with E-state index in [0.717, 1.165) is 25.1 Å². The summed E-state index contributed by atoms with van der Waals surface area (Å²) in [6, 6.07) is 10.0. The van der Waals surface area contributed by atoms with Gasteiger partial charge in [-0.1, -0.05) is 47.5 Å². The summed E-state index contributed by atoms with van der Waals surface area (Å²) in [6.07, 6.45) is 3.32. The second-order valence-electron chi connectivity index (χ2n) is 4.52. The van der Waals surface area contributed by atoms with Gasteiger partial charge in [-0.25, -0.2) is 9.97 Å². The number of aryl methyl sites for hydroxylation is 1. The van der Waals surface area contributed by atoms with E-state index < -0.39 is 0 Å². The van der Waals surface area contributed by atoms with Gasteiger partial charge < -0.3 is 0 Å². The fraction of sp³-hybridized carbons (Fsp3) is 0.286. The molecule has 2 nitrogen and oxygen atoms in total. The molecule has 92 valence electrons. The SMILES string of the molecule is Clc1cc(Cl)nc(C2CCCc3ccccc32)n1. The molecule has 3 rings (SSSR count). The molecule has 1 aromatic carbocycles. The number of hydrogen-bond donors (Lipinski definition) is 0. The first-order chi connectivity index (χ1) is 8.74. The topological polar surface area (TPSA) is 25.8 Å². The van der Waals surface area contributed by atoms with Gasteiger partial charge in [-0.15, -0.1) is 0 Å². The molecular formula is C14H12Cl2N2. The van der Waals surface area contributed by atoms with Crippen LogP contribution in [0.15, 0.2) is 30.3 Å². The second kappa shape index (κ2) is 4.87. The van der Waals surface area contributed by atoms with Crippen LogP contribution in [0, 0.1) is 0 Å². The summed E-state index contributed by atoms with van der Waals surface area (Å²) in [4.78, 5) is 8.65. The fourth-order valence-electron chi connectivity index (χ4n) is 2.58. The predicted molar refractivity (Wildman–Crippen MR) is 73.3 cm³/mol. The highest BCUT2D eigenvalue weighted by molar-refractivity contribution is 6.33. The largest absolute Gasteiger partial charge is 0.220 e. The third kappa shape index (κ3) is 2.23. The van der Waals surface area contributed by atoms with Crippen molar-refractivity contribution in [2.75, 3.05) is 0 Å². The van der Waals surface area contributed by atoms with E-state index in [1.54, 1.807) is 6.07 Å². The summed E-state index contributed by atoms with van der Waals surface area (Å²) in [7, 11) is 0. The van der Waals surface area contributed by atoms with Crippen molar-refractivity contribution in [3.63, 3.8) is 0 Å². The summed E-state index contributed by atoms with van der Waals surface area (Å²) in [5.41, 5.74) is 2.69. The molecule has 0 bridgehead atoms. The Morgan fingerprint density at radius 2 is 1.78 bits per heavy atom. The maximum Gasteiger partial charge on any atom is 0.139 e. The van der Waals surface area contributed by atoms with Gasteiger partial charge in [-0.05, 0) is 30.4 Å². The Kier molecular flexibility index (Phi) is 3.23. The van der Waals surface area contributed by atoms with Gasteiger partial charge in [-0.2, -0.15) is 0 Å². The van der Waals surface area contributed by atoms with Crippen LogP contribution in [0.5, 0.6) is 0 Å². The molecule has 0 saturated carbocycles. The van der Waals surface area contributed by atoms with Crippen molar-refractivity contribution >= 4 is 23.2 Å². The molecule has 0 amide bonds. The van der Waals surface area contributed by atoms with Gasteiger partial charge in [0.15, 0.2) is 0 Å². The molecule has 1 aliphatic carbocycles. The number of benzene rings is 1. The van der Waals surface area contributed by atoms with Gasteiger partial charge in [0.1, 0.15) is 16.1 Å². The van der Waals surface area contributed by atoms with Gasteiger partial charge >= 0.3 is 0 Å². The van der Waals surface area contributed by atoms with Gasteiger partial charge in [0, 0.05) is 12.0 Å². The van der Waals surface area contributed by atoms with Crippen molar-refractivity contribution in [2.45, 2.75) is 25.2 Å². The summed E-state index contributed by atoms with van der Waals surface area (Å²) < 4.78 is 0. The third-order valence-corrected chi connectivity index (χ3v) is 3.75. The molecular weight excluding hydrogens is 267 g/mol. The van der Waals surface area contributed by atoms with Gasteiger partial charge in [0.2, 0.25) is 0 Å². The highest BCUT2D eigenvalue weighted by atomic mass is 35.5. The average molecular weight is 279 g/mol. The fourth-order valence-corrected chi connectivity index (χ4v) is 3.02. The van der Waals surface area contributed by atoms with Crippen molar-refractivity contribution in [3.8, 4) is 0 Å². The Labute approximate surface area is 116 Å². The molecule has 4 heteroatoms. The summed E-state index contributed by atoms with van der Waals surface area (Å²) in [6.45, 7) is 0. The minimum atomic E-state index is 0.214. The minimum absolute atomic E-state index is 0.214. The lowest BCUT2D eigenvalue weighted by Crippen LogP contribution is -2.13. The molecule has 1 aromatic heterocycles. The molecule has 2 aromatic rings. The van der Waals surface area contributed by atoms with Crippen LogP contribution in [0.2, 0.25) is 10.3 Å². The van der Waals surface area contributed by atoms with Crippen molar-refractivity contribution in [1.29, 1.82) is 0 Å². The molecule has 18 heavy (non-hydrogen) atoms. The number of halogens is 2. The standard InChI is InChI=1S/C14H12Cl2N2/c15-12-8-13(16)18-14(17-12)11-7-3-5-9-4-1-2-6-10(9)11/h1-2,4,6,8,11H,3,5,7H2. The van der Waals surface area contributed by atoms with E-state index in [1.807, 2.05) is 0 Å². The number of rotatable bonds is 1. The molecule has 0 radical (unpaired) electrons. The first kappa shape index (κ1) is 11.9. The lowest BCUT2D eigenvalue weighted by atomic mass is 9.82. The zero-order valence-corrected chi connectivity index (χ0v) is 11.2. The van der Waals surface area contributed by atoms with Crippen LogP contribution >= 0.6 is 23.2 Å². The lowest BCUT2D eigenvalue weighted by molar-refractivity contribution is 0.590. The van der Waals surface area contributed by atoms with Gasteiger partial charge in [0.05, 0.1) is 0 Å².